The Morgan fingerprint density at radius 1 is 1.38 bits per heavy atom. The van der Waals surface area contributed by atoms with E-state index in [1.807, 2.05) is 28.9 Å². The first-order valence-electron chi connectivity index (χ1n) is 8.69. The van der Waals surface area contributed by atoms with E-state index in [0.29, 0.717) is 25.1 Å². The number of hydrogen-bond donors (Lipinski definition) is 0. The third-order valence-electron chi connectivity index (χ3n) is 5.22. The van der Waals surface area contributed by atoms with Crippen molar-refractivity contribution in [3.8, 4) is 0 Å². The van der Waals surface area contributed by atoms with Gasteiger partial charge in [-0.25, -0.2) is 0 Å². The average Bonchev–Trinajstić information content (AvgIpc) is 2.59. The first-order valence-corrected chi connectivity index (χ1v) is 8.69. The monoisotopic (exact) mass is 327 g/mol. The molecular formula is C19H25N3O2. The molecule has 128 valence electrons. The van der Waals surface area contributed by atoms with E-state index in [4.69, 9.17) is 0 Å². The Labute approximate surface area is 143 Å². The molecule has 1 atom stereocenters. The maximum atomic E-state index is 12.8. The van der Waals surface area contributed by atoms with Crippen molar-refractivity contribution in [2.75, 3.05) is 19.6 Å². The fourth-order valence-electron chi connectivity index (χ4n) is 4.01. The molecule has 1 unspecified atom stereocenters. The van der Waals surface area contributed by atoms with Crippen molar-refractivity contribution in [1.82, 2.24) is 14.8 Å². The van der Waals surface area contributed by atoms with Crippen LogP contribution in [0.4, 0.5) is 0 Å². The Bertz CT molecular complexity index is 637. The lowest BCUT2D eigenvalue weighted by Gasteiger charge is -2.51. The highest BCUT2D eigenvalue weighted by atomic mass is 16.2. The molecule has 0 N–H and O–H groups in total. The zero-order chi connectivity index (χ0) is 17.2. The van der Waals surface area contributed by atoms with Gasteiger partial charge in [-0.3, -0.25) is 14.6 Å². The van der Waals surface area contributed by atoms with Gasteiger partial charge >= 0.3 is 0 Å². The Morgan fingerprint density at radius 3 is 2.88 bits per heavy atom. The van der Waals surface area contributed by atoms with Gasteiger partial charge in [-0.15, -0.1) is 6.58 Å². The topological polar surface area (TPSA) is 53.5 Å². The number of amides is 2. The van der Waals surface area contributed by atoms with E-state index >= 15 is 0 Å². The number of aromatic nitrogens is 1. The lowest BCUT2D eigenvalue weighted by molar-refractivity contribution is -0.143. The van der Waals surface area contributed by atoms with Gasteiger partial charge in [0.2, 0.25) is 5.91 Å². The van der Waals surface area contributed by atoms with Crippen LogP contribution < -0.4 is 0 Å². The van der Waals surface area contributed by atoms with Crippen molar-refractivity contribution in [3.05, 3.63) is 42.2 Å². The molecule has 5 heteroatoms. The van der Waals surface area contributed by atoms with Gasteiger partial charge < -0.3 is 9.80 Å². The van der Waals surface area contributed by atoms with Crippen LogP contribution in [-0.2, 0) is 4.79 Å². The van der Waals surface area contributed by atoms with Gasteiger partial charge in [-0.1, -0.05) is 6.08 Å². The largest absolute Gasteiger partial charge is 0.336 e. The summed E-state index contributed by atoms with van der Waals surface area (Å²) in [6, 6.07) is 3.70. The van der Waals surface area contributed by atoms with Crippen LogP contribution in [-0.4, -0.2) is 51.8 Å². The fourth-order valence-corrected chi connectivity index (χ4v) is 4.01. The van der Waals surface area contributed by atoms with Crippen molar-refractivity contribution in [2.24, 2.45) is 0 Å². The molecule has 0 bridgehead atoms. The molecule has 2 aliphatic rings. The van der Waals surface area contributed by atoms with E-state index in [1.165, 1.54) is 0 Å². The number of carbonyl (C=O) groups is 2. The van der Waals surface area contributed by atoms with Crippen LogP contribution in [0.3, 0.4) is 0 Å². The first kappa shape index (κ1) is 16.7. The molecule has 3 heterocycles. The Kier molecular flexibility index (Phi) is 4.69. The maximum Gasteiger partial charge on any atom is 0.255 e. The van der Waals surface area contributed by atoms with Crippen molar-refractivity contribution in [1.29, 1.82) is 0 Å². The van der Waals surface area contributed by atoms with Gasteiger partial charge in [0.1, 0.15) is 0 Å². The molecule has 1 aromatic heterocycles. The van der Waals surface area contributed by atoms with Crippen LogP contribution in [0.1, 0.15) is 48.2 Å². The van der Waals surface area contributed by atoms with Crippen LogP contribution in [0.15, 0.2) is 31.0 Å². The number of piperidine rings is 2. The van der Waals surface area contributed by atoms with E-state index in [2.05, 4.69) is 11.6 Å². The number of aryl methyl sites for hydroxylation is 1. The Morgan fingerprint density at radius 2 is 2.17 bits per heavy atom. The molecule has 2 saturated heterocycles. The summed E-state index contributed by atoms with van der Waals surface area (Å²) >= 11 is 0. The Hall–Kier alpha value is -2.17. The second-order valence-electron chi connectivity index (χ2n) is 6.89. The van der Waals surface area contributed by atoms with Crippen molar-refractivity contribution in [3.63, 3.8) is 0 Å². The number of rotatable bonds is 3. The lowest BCUT2D eigenvalue weighted by atomic mass is 9.79. The molecule has 0 aromatic carbocycles. The Balaban J connectivity index is 1.82. The highest BCUT2D eigenvalue weighted by Crippen LogP contribution is 2.37. The highest BCUT2D eigenvalue weighted by molar-refractivity contribution is 5.94. The maximum absolute atomic E-state index is 12.8. The summed E-state index contributed by atoms with van der Waals surface area (Å²) in [5.41, 5.74) is 1.29. The minimum atomic E-state index is -0.227. The SMILES string of the molecule is C=CCN1C(=O)CCCC12CCCN(C(=O)c1ccc(C)nc1)C2. The number of nitrogens with zero attached hydrogens (tertiary/aromatic N) is 3. The number of pyridine rings is 1. The second kappa shape index (κ2) is 6.75. The van der Waals surface area contributed by atoms with Crippen molar-refractivity contribution in [2.45, 2.75) is 44.6 Å². The van der Waals surface area contributed by atoms with Crippen molar-refractivity contribution >= 4 is 11.8 Å². The van der Waals surface area contributed by atoms with Crippen LogP contribution in [0, 0.1) is 6.92 Å². The number of likely N-dealkylation sites (tertiary alicyclic amines) is 2. The quantitative estimate of drug-likeness (QED) is 0.802. The van der Waals surface area contributed by atoms with Gasteiger partial charge in [0.05, 0.1) is 11.1 Å². The van der Waals surface area contributed by atoms with E-state index in [1.54, 1.807) is 12.3 Å². The average molecular weight is 327 g/mol. The van der Waals surface area contributed by atoms with Crippen LogP contribution in [0.2, 0.25) is 0 Å². The van der Waals surface area contributed by atoms with Gasteiger partial charge in [0.15, 0.2) is 0 Å². The smallest absolute Gasteiger partial charge is 0.255 e. The standard InChI is InChI=1S/C19H25N3O2/c1-3-11-22-17(23)6-4-9-19(22)10-5-12-21(14-19)18(24)16-8-7-15(2)20-13-16/h3,7-8,13H,1,4-6,9-12,14H2,2H3. The molecule has 0 aliphatic carbocycles. The third kappa shape index (κ3) is 3.07. The highest BCUT2D eigenvalue weighted by Gasteiger charge is 2.45. The number of hydrogen-bond acceptors (Lipinski definition) is 3. The second-order valence-corrected chi connectivity index (χ2v) is 6.89. The molecule has 0 radical (unpaired) electrons. The first-order chi connectivity index (χ1) is 11.6. The van der Waals surface area contributed by atoms with Crippen LogP contribution in [0.25, 0.3) is 0 Å². The predicted octanol–water partition coefficient (Wildman–Crippen LogP) is 2.56. The lowest BCUT2D eigenvalue weighted by Crippen LogP contribution is -2.63. The minimum absolute atomic E-state index is 0.0122. The van der Waals surface area contributed by atoms with E-state index < -0.39 is 0 Å². The molecule has 3 rings (SSSR count). The normalized spacial score (nSPS) is 24.3. The molecular weight excluding hydrogens is 302 g/mol. The molecule has 2 fully saturated rings. The summed E-state index contributed by atoms with van der Waals surface area (Å²) in [5, 5.41) is 0. The third-order valence-corrected chi connectivity index (χ3v) is 5.22. The summed E-state index contributed by atoms with van der Waals surface area (Å²) in [4.78, 5) is 33.3. The molecule has 24 heavy (non-hydrogen) atoms. The van der Waals surface area contributed by atoms with Gasteiger partial charge in [-0.05, 0) is 44.7 Å². The van der Waals surface area contributed by atoms with Gasteiger partial charge in [0.25, 0.3) is 5.91 Å². The minimum Gasteiger partial charge on any atom is -0.336 e. The molecule has 2 aliphatic heterocycles. The van der Waals surface area contributed by atoms with Crippen LogP contribution >= 0.6 is 0 Å². The summed E-state index contributed by atoms with van der Waals surface area (Å²) in [7, 11) is 0. The van der Waals surface area contributed by atoms with Gasteiger partial charge in [0, 0.05) is 37.9 Å². The molecule has 2 amide bonds. The van der Waals surface area contributed by atoms with E-state index in [0.717, 1.165) is 37.9 Å². The molecule has 1 aromatic rings. The number of carbonyl (C=O) groups excluding carboxylic acids is 2. The summed E-state index contributed by atoms with van der Waals surface area (Å²) in [6.45, 7) is 7.62. The summed E-state index contributed by atoms with van der Waals surface area (Å²) in [5.74, 6) is 0.200. The zero-order valence-electron chi connectivity index (χ0n) is 14.3. The van der Waals surface area contributed by atoms with E-state index in [9.17, 15) is 9.59 Å². The predicted molar refractivity (Wildman–Crippen MR) is 92.6 cm³/mol. The molecule has 0 saturated carbocycles. The van der Waals surface area contributed by atoms with Crippen LogP contribution in [0.5, 0.6) is 0 Å². The summed E-state index contributed by atoms with van der Waals surface area (Å²) in [6.07, 6.45) is 7.78. The fraction of sp³-hybridized carbons (Fsp3) is 0.526. The molecule has 1 spiro atoms. The van der Waals surface area contributed by atoms with E-state index in [-0.39, 0.29) is 17.4 Å². The zero-order valence-corrected chi connectivity index (χ0v) is 14.3. The van der Waals surface area contributed by atoms with Gasteiger partial charge in [-0.2, -0.15) is 0 Å². The molecule has 5 nitrogen and oxygen atoms in total. The van der Waals surface area contributed by atoms with Crippen molar-refractivity contribution < 1.29 is 9.59 Å². The summed E-state index contributed by atoms with van der Waals surface area (Å²) < 4.78 is 0.